The summed E-state index contributed by atoms with van der Waals surface area (Å²) >= 11 is 0. The molecule has 2 aromatic carbocycles. The largest absolute Gasteiger partial charge is 0.489 e. The average Bonchev–Trinajstić information content (AvgIpc) is 2.50. The topological polar surface area (TPSA) is 21.3 Å². The van der Waals surface area contributed by atoms with Crippen molar-refractivity contribution < 1.29 is 13.5 Å². The van der Waals surface area contributed by atoms with Crippen molar-refractivity contribution in [2.75, 3.05) is 13.2 Å². The van der Waals surface area contributed by atoms with Gasteiger partial charge in [-0.15, -0.1) is 0 Å². The minimum atomic E-state index is -0.416. The zero-order valence-corrected chi connectivity index (χ0v) is 12.0. The Kier molecular flexibility index (Phi) is 5.69. The molecule has 2 aromatic rings. The Morgan fingerprint density at radius 1 is 1.00 bits per heavy atom. The molecule has 0 amide bonds. The van der Waals surface area contributed by atoms with Gasteiger partial charge in [0.1, 0.15) is 12.4 Å². The molecule has 4 heteroatoms. The van der Waals surface area contributed by atoms with Gasteiger partial charge in [0.25, 0.3) is 0 Å². The van der Waals surface area contributed by atoms with Crippen LogP contribution in [0.4, 0.5) is 8.78 Å². The van der Waals surface area contributed by atoms with Crippen molar-refractivity contribution in [3.05, 3.63) is 65.7 Å². The van der Waals surface area contributed by atoms with E-state index in [0.29, 0.717) is 5.56 Å². The maximum absolute atomic E-state index is 13.9. The molecule has 21 heavy (non-hydrogen) atoms. The summed E-state index contributed by atoms with van der Waals surface area (Å²) in [7, 11) is 0. The summed E-state index contributed by atoms with van der Waals surface area (Å²) in [6, 6.07) is 12.5. The molecule has 0 radical (unpaired) electrons. The van der Waals surface area contributed by atoms with Gasteiger partial charge in [0.2, 0.25) is 0 Å². The summed E-state index contributed by atoms with van der Waals surface area (Å²) in [6.45, 7) is 2.94. The molecule has 0 spiro atoms. The van der Waals surface area contributed by atoms with E-state index in [-0.39, 0.29) is 24.2 Å². The third-order valence-corrected chi connectivity index (χ3v) is 3.16. The van der Waals surface area contributed by atoms with Gasteiger partial charge in [-0.05, 0) is 31.2 Å². The molecule has 1 atom stereocenters. The van der Waals surface area contributed by atoms with Crippen LogP contribution in [-0.2, 0) is 0 Å². The molecule has 1 N–H and O–H groups in total. The zero-order chi connectivity index (χ0) is 15.1. The second-order valence-electron chi connectivity index (χ2n) is 4.77. The molecule has 0 bridgehead atoms. The quantitative estimate of drug-likeness (QED) is 0.830. The SMILES string of the molecule is CCCNC(COc1ccccc1F)c1ccccc1F. The van der Waals surface area contributed by atoms with Gasteiger partial charge in [0.15, 0.2) is 11.6 Å². The lowest BCUT2D eigenvalue weighted by Gasteiger charge is -2.20. The van der Waals surface area contributed by atoms with E-state index < -0.39 is 5.82 Å². The van der Waals surface area contributed by atoms with E-state index in [4.69, 9.17) is 4.74 Å². The van der Waals surface area contributed by atoms with Gasteiger partial charge in [0, 0.05) is 5.56 Å². The highest BCUT2D eigenvalue weighted by molar-refractivity contribution is 5.25. The van der Waals surface area contributed by atoms with Crippen LogP contribution in [0.3, 0.4) is 0 Å². The van der Waals surface area contributed by atoms with E-state index in [1.807, 2.05) is 6.92 Å². The van der Waals surface area contributed by atoms with Crippen LogP contribution in [0.15, 0.2) is 48.5 Å². The molecular weight excluding hydrogens is 272 g/mol. The molecule has 0 aliphatic carbocycles. The summed E-state index contributed by atoms with van der Waals surface area (Å²) in [6.07, 6.45) is 0.921. The van der Waals surface area contributed by atoms with E-state index in [9.17, 15) is 8.78 Å². The minimum Gasteiger partial charge on any atom is -0.489 e. The van der Waals surface area contributed by atoms with Crippen LogP contribution in [0, 0.1) is 11.6 Å². The number of hydrogen-bond donors (Lipinski definition) is 1. The number of para-hydroxylation sites is 1. The highest BCUT2D eigenvalue weighted by Crippen LogP contribution is 2.21. The number of rotatable bonds is 7. The summed E-state index contributed by atoms with van der Waals surface area (Å²) in [5, 5.41) is 3.23. The molecule has 0 aliphatic heterocycles. The Bertz CT molecular complexity index is 574. The third kappa shape index (κ3) is 4.26. The first-order valence-electron chi connectivity index (χ1n) is 7.07. The highest BCUT2D eigenvalue weighted by atomic mass is 19.1. The molecule has 2 rings (SSSR count). The van der Waals surface area contributed by atoms with Gasteiger partial charge in [-0.3, -0.25) is 0 Å². The number of ether oxygens (including phenoxy) is 1. The Balaban J connectivity index is 2.10. The third-order valence-electron chi connectivity index (χ3n) is 3.16. The number of halogens is 2. The van der Waals surface area contributed by atoms with Crippen molar-refractivity contribution in [2.45, 2.75) is 19.4 Å². The molecular formula is C17H19F2NO. The van der Waals surface area contributed by atoms with Crippen LogP contribution >= 0.6 is 0 Å². The average molecular weight is 291 g/mol. The fourth-order valence-corrected chi connectivity index (χ4v) is 2.07. The van der Waals surface area contributed by atoms with E-state index in [1.54, 1.807) is 36.4 Å². The van der Waals surface area contributed by atoms with Crippen molar-refractivity contribution in [3.63, 3.8) is 0 Å². The van der Waals surface area contributed by atoms with Crippen LogP contribution < -0.4 is 10.1 Å². The molecule has 0 heterocycles. The second kappa shape index (κ2) is 7.74. The fourth-order valence-electron chi connectivity index (χ4n) is 2.07. The lowest BCUT2D eigenvalue weighted by molar-refractivity contribution is 0.253. The number of hydrogen-bond acceptors (Lipinski definition) is 2. The van der Waals surface area contributed by atoms with E-state index in [1.165, 1.54) is 12.1 Å². The lowest BCUT2D eigenvalue weighted by atomic mass is 10.1. The summed E-state index contributed by atoms with van der Waals surface area (Å²) in [4.78, 5) is 0. The Morgan fingerprint density at radius 3 is 2.33 bits per heavy atom. The summed E-state index contributed by atoms with van der Waals surface area (Å²) in [5.74, 6) is -0.527. The van der Waals surface area contributed by atoms with Crippen molar-refractivity contribution in [3.8, 4) is 5.75 Å². The van der Waals surface area contributed by atoms with Crippen molar-refractivity contribution in [2.24, 2.45) is 0 Å². The predicted molar refractivity (Wildman–Crippen MR) is 79.3 cm³/mol. The van der Waals surface area contributed by atoms with Crippen LogP contribution in [0.2, 0.25) is 0 Å². The van der Waals surface area contributed by atoms with Crippen molar-refractivity contribution >= 4 is 0 Å². The van der Waals surface area contributed by atoms with Crippen molar-refractivity contribution in [1.29, 1.82) is 0 Å². The first-order chi connectivity index (χ1) is 10.2. The minimum absolute atomic E-state index is 0.169. The predicted octanol–water partition coefficient (Wildman–Crippen LogP) is 4.08. The first-order valence-corrected chi connectivity index (χ1v) is 7.07. The maximum Gasteiger partial charge on any atom is 0.165 e. The lowest BCUT2D eigenvalue weighted by Crippen LogP contribution is -2.28. The van der Waals surface area contributed by atoms with Gasteiger partial charge in [-0.25, -0.2) is 8.78 Å². The van der Waals surface area contributed by atoms with Crippen LogP contribution in [-0.4, -0.2) is 13.2 Å². The summed E-state index contributed by atoms with van der Waals surface area (Å²) < 4.78 is 33.0. The maximum atomic E-state index is 13.9. The highest BCUT2D eigenvalue weighted by Gasteiger charge is 2.16. The van der Waals surface area contributed by atoms with Gasteiger partial charge >= 0.3 is 0 Å². The van der Waals surface area contributed by atoms with Crippen LogP contribution in [0.25, 0.3) is 0 Å². The molecule has 0 saturated heterocycles. The second-order valence-corrected chi connectivity index (χ2v) is 4.77. The molecule has 0 saturated carbocycles. The van der Waals surface area contributed by atoms with Gasteiger partial charge in [-0.2, -0.15) is 0 Å². The standard InChI is InChI=1S/C17H19F2NO/c1-2-11-20-16(13-7-3-4-8-14(13)18)12-21-17-10-6-5-9-15(17)19/h3-10,16,20H,2,11-12H2,1H3. The van der Waals surface area contributed by atoms with E-state index in [0.717, 1.165) is 13.0 Å². The Morgan fingerprint density at radius 2 is 1.67 bits per heavy atom. The molecule has 2 nitrogen and oxygen atoms in total. The molecule has 1 unspecified atom stereocenters. The smallest absolute Gasteiger partial charge is 0.165 e. The summed E-state index contributed by atoms with van der Waals surface area (Å²) in [5.41, 5.74) is 0.530. The molecule has 0 aliphatic rings. The van der Waals surface area contributed by atoms with Crippen LogP contribution in [0.5, 0.6) is 5.75 Å². The van der Waals surface area contributed by atoms with E-state index >= 15 is 0 Å². The monoisotopic (exact) mass is 291 g/mol. The number of benzene rings is 2. The number of nitrogens with one attached hydrogen (secondary N) is 1. The van der Waals surface area contributed by atoms with Gasteiger partial charge in [0.05, 0.1) is 6.04 Å². The first kappa shape index (κ1) is 15.4. The van der Waals surface area contributed by atoms with Crippen molar-refractivity contribution in [1.82, 2.24) is 5.32 Å². The van der Waals surface area contributed by atoms with Gasteiger partial charge < -0.3 is 10.1 Å². The fraction of sp³-hybridized carbons (Fsp3) is 0.294. The zero-order valence-electron chi connectivity index (χ0n) is 12.0. The molecule has 0 fully saturated rings. The Hall–Kier alpha value is -1.94. The Labute approximate surface area is 123 Å². The van der Waals surface area contributed by atoms with E-state index in [2.05, 4.69) is 5.32 Å². The van der Waals surface area contributed by atoms with Gasteiger partial charge in [-0.1, -0.05) is 37.3 Å². The van der Waals surface area contributed by atoms with Crippen LogP contribution in [0.1, 0.15) is 24.9 Å². The molecule has 112 valence electrons. The normalized spacial score (nSPS) is 12.1. The molecule has 0 aromatic heterocycles.